The Kier molecular flexibility index (Phi) is 3.76. The van der Waals surface area contributed by atoms with Gasteiger partial charge in [0.05, 0.1) is 6.61 Å². The van der Waals surface area contributed by atoms with Crippen LogP contribution in [0.5, 0.6) is 0 Å². The van der Waals surface area contributed by atoms with Crippen molar-refractivity contribution < 1.29 is 9.13 Å². The van der Waals surface area contributed by atoms with E-state index in [0.717, 1.165) is 45.3 Å². The first kappa shape index (κ1) is 10.4. The van der Waals surface area contributed by atoms with E-state index in [0.29, 0.717) is 12.1 Å². The van der Waals surface area contributed by atoms with Crippen molar-refractivity contribution in [1.82, 2.24) is 5.32 Å². The molecule has 1 unspecified atom stereocenters. The Morgan fingerprint density at radius 1 is 1.00 bits per heavy atom. The zero-order valence-electron chi connectivity index (χ0n) is 8.68. The largest absolute Gasteiger partial charge is 0.380 e. The first-order chi connectivity index (χ1) is 6.84. The van der Waals surface area contributed by atoms with Crippen molar-refractivity contribution in [2.24, 2.45) is 0 Å². The molecule has 1 aliphatic carbocycles. The number of rotatable bonds is 2. The number of halogens is 1. The van der Waals surface area contributed by atoms with Crippen molar-refractivity contribution in [3.8, 4) is 0 Å². The molecule has 0 bridgehead atoms. The van der Waals surface area contributed by atoms with Gasteiger partial charge in [0.15, 0.2) is 0 Å². The number of hydrogen-bond donors (Lipinski definition) is 1. The van der Waals surface area contributed by atoms with Crippen LogP contribution in [-0.2, 0) is 4.74 Å². The Labute approximate surface area is 85.2 Å². The lowest BCUT2D eigenvalue weighted by Crippen LogP contribution is -2.44. The SMILES string of the molecule is FC1CCC(NC2CCCOC2)CC1. The summed E-state index contributed by atoms with van der Waals surface area (Å²) in [6.45, 7) is 1.75. The Morgan fingerprint density at radius 2 is 1.79 bits per heavy atom. The van der Waals surface area contributed by atoms with Crippen LogP contribution in [0.3, 0.4) is 0 Å². The summed E-state index contributed by atoms with van der Waals surface area (Å²) in [6.07, 6.45) is 5.31. The van der Waals surface area contributed by atoms with Crippen molar-refractivity contribution in [1.29, 1.82) is 0 Å². The third-order valence-corrected chi connectivity index (χ3v) is 3.29. The van der Waals surface area contributed by atoms with Crippen molar-refractivity contribution in [3.63, 3.8) is 0 Å². The van der Waals surface area contributed by atoms with E-state index in [9.17, 15) is 4.39 Å². The van der Waals surface area contributed by atoms with Gasteiger partial charge >= 0.3 is 0 Å². The first-order valence-electron chi connectivity index (χ1n) is 5.82. The van der Waals surface area contributed by atoms with Gasteiger partial charge in [-0.2, -0.15) is 0 Å². The van der Waals surface area contributed by atoms with Gasteiger partial charge in [-0.1, -0.05) is 0 Å². The summed E-state index contributed by atoms with van der Waals surface area (Å²) in [5, 5.41) is 3.59. The van der Waals surface area contributed by atoms with Gasteiger partial charge in [-0.15, -0.1) is 0 Å². The lowest BCUT2D eigenvalue weighted by atomic mass is 9.93. The fourth-order valence-electron chi connectivity index (χ4n) is 2.42. The van der Waals surface area contributed by atoms with E-state index in [1.807, 2.05) is 0 Å². The van der Waals surface area contributed by atoms with Crippen LogP contribution >= 0.6 is 0 Å². The Balaban J connectivity index is 1.68. The minimum absolute atomic E-state index is 0.518. The van der Waals surface area contributed by atoms with Gasteiger partial charge in [-0.3, -0.25) is 0 Å². The van der Waals surface area contributed by atoms with Crippen molar-refractivity contribution in [2.45, 2.75) is 56.8 Å². The molecule has 82 valence electrons. The standard InChI is InChI=1S/C11H20FNO/c12-9-3-5-10(6-4-9)13-11-2-1-7-14-8-11/h9-11,13H,1-8H2. The van der Waals surface area contributed by atoms with Crippen LogP contribution in [0.1, 0.15) is 38.5 Å². The molecule has 2 aliphatic rings. The molecule has 0 amide bonds. The minimum Gasteiger partial charge on any atom is -0.380 e. The summed E-state index contributed by atoms with van der Waals surface area (Å²) in [4.78, 5) is 0. The van der Waals surface area contributed by atoms with E-state index < -0.39 is 6.17 Å². The molecule has 3 heteroatoms. The summed E-state index contributed by atoms with van der Waals surface area (Å²) < 4.78 is 18.3. The van der Waals surface area contributed by atoms with Crippen molar-refractivity contribution in [3.05, 3.63) is 0 Å². The highest BCUT2D eigenvalue weighted by Crippen LogP contribution is 2.22. The molecular weight excluding hydrogens is 181 g/mol. The van der Waals surface area contributed by atoms with Crippen LogP contribution < -0.4 is 5.32 Å². The second-order valence-corrected chi connectivity index (χ2v) is 4.53. The maximum Gasteiger partial charge on any atom is 0.100 e. The van der Waals surface area contributed by atoms with Gasteiger partial charge in [-0.25, -0.2) is 4.39 Å². The van der Waals surface area contributed by atoms with Crippen LogP contribution in [0.4, 0.5) is 4.39 Å². The molecule has 2 rings (SSSR count). The van der Waals surface area contributed by atoms with E-state index >= 15 is 0 Å². The van der Waals surface area contributed by atoms with Gasteiger partial charge in [0.25, 0.3) is 0 Å². The lowest BCUT2D eigenvalue weighted by molar-refractivity contribution is 0.0623. The predicted molar refractivity (Wildman–Crippen MR) is 54.1 cm³/mol. The van der Waals surface area contributed by atoms with Gasteiger partial charge < -0.3 is 10.1 Å². The summed E-state index contributed by atoms with van der Waals surface area (Å²) >= 11 is 0. The normalized spacial score (nSPS) is 39.6. The fourth-order valence-corrected chi connectivity index (χ4v) is 2.42. The quantitative estimate of drug-likeness (QED) is 0.738. The van der Waals surface area contributed by atoms with Crippen LogP contribution in [0, 0.1) is 0 Å². The summed E-state index contributed by atoms with van der Waals surface area (Å²) in [5.74, 6) is 0. The summed E-state index contributed by atoms with van der Waals surface area (Å²) in [7, 11) is 0. The molecule has 0 spiro atoms. The van der Waals surface area contributed by atoms with Gasteiger partial charge in [0.1, 0.15) is 6.17 Å². The Morgan fingerprint density at radius 3 is 2.43 bits per heavy atom. The summed E-state index contributed by atoms with van der Waals surface area (Å²) in [6, 6.07) is 1.05. The second kappa shape index (κ2) is 5.08. The maximum atomic E-state index is 12.9. The molecule has 1 saturated carbocycles. The molecule has 14 heavy (non-hydrogen) atoms. The topological polar surface area (TPSA) is 21.3 Å². The van der Waals surface area contributed by atoms with E-state index in [-0.39, 0.29) is 0 Å². The van der Waals surface area contributed by atoms with E-state index in [1.165, 1.54) is 6.42 Å². The molecular formula is C11H20FNO. The first-order valence-corrected chi connectivity index (χ1v) is 5.82. The highest BCUT2D eigenvalue weighted by atomic mass is 19.1. The monoisotopic (exact) mass is 201 g/mol. The van der Waals surface area contributed by atoms with E-state index in [1.54, 1.807) is 0 Å². The zero-order valence-corrected chi connectivity index (χ0v) is 8.68. The molecule has 1 aliphatic heterocycles. The molecule has 0 radical (unpaired) electrons. The zero-order chi connectivity index (χ0) is 9.80. The van der Waals surface area contributed by atoms with Gasteiger partial charge in [0, 0.05) is 18.7 Å². The molecule has 1 saturated heterocycles. The molecule has 2 nitrogen and oxygen atoms in total. The van der Waals surface area contributed by atoms with Crippen LogP contribution in [0.25, 0.3) is 0 Å². The number of nitrogens with one attached hydrogen (secondary N) is 1. The third-order valence-electron chi connectivity index (χ3n) is 3.29. The minimum atomic E-state index is -0.546. The van der Waals surface area contributed by atoms with Gasteiger partial charge in [-0.05, 0) is 38.5 Å². The van der Waals surface area contributed by atoms with Crippen LogP contribution in [-0.4, -0.2) is 31.5 Å². The Hall–Kier alpha value is -0.150. The summed E-state index contributed by atoms with van der Waals surface area (Å²) in [5.41, 5.74) is 0. The number of ether oxygens (including phenoxy) is 1. The van der Waals surface area contributed by atoms with Crippen LogP contribution in [0.15, 0.2) is 0 Å². The second-order valence-electron chi connectivity index (χ2n) is 4.53. The van der Waals surface area contributed by atoms with Crippen molar-refractivity contribution >= 4 is 0 Å². The molecule has 0 aromatic rings. The average molecular weight is 201 g/mol. The maximum absolute atomic E-state index is 12.9. The molecule has 0 aromatic heterocycles. The molecule has 2 fully saturated rings. The van der Waals surface area contributed by atoms with E-state index in [2.05, 4.69) is 5.32 Å². The van der Waals surface area contributed by atoms with Crippen LogP contribution in [0.2, 0.25) is 0 Å². The highest BCUT2D eigenvalue weighted by Gasteiger charge is 2.23. The van der Waals surface area contributed by atoms with Crippen molar-refractivity contribution in [2.75, 3.05) is 13.2 Å². The van der Waals surface area contributed by atoms with E-state index in [4.69, 9.17) is 4.74 Å². The smallest absolute Gasteiger partial charge is 0.100 e. The molecule has 1 heterocycles. The number of alkyl halides is 1. The fraction of sp³-hybridized carbons (Fsp3) is 1.00. The van der Waals surface area contributed by atoms with Gasteiger partial charge in [0.2, 0.25) is 0 Å². The molecule has 1 atom stereocenters. The number of hydrogen-bond acceptors (Lipinski definition) is 2. The molecule has 0 aromatic carbocycles. The lowest BCUT2D eigenvalue weighted by Gasteiger charge is -2.31. The third kappa shape index (κ3) is 2.92. The highest BCUT2D eigenvalue weighted by molar-refractivity contribution is 4.81. The average Bonchev–Trinajstić information content (AvgIpc) is 2.23. The Bertz CT molecular complexity index is 163. The molecule has 1 N–H and O–H groups in total. The predicted octanol–water partition coefficient (Wildman–Crippen LogP) is 2.04.